The molecule has 1 atom stereocenters. The van der Waals surface area contributed by atoms with Gasteiger partial charge in [-0.2, -0.15) is 4.37 Å². The van der Waals surface area contributed by atoms with Crippen LogP contribution in [0.5, 0.6) is 11.5 Å². The summed E-state index contributed by atoms with van der Waals surface area (Å²) >= 11 is 1.42. The number of piperazine rings is 1. The Morgan fingerprint density at radius 1 is 1.16 bits per heavy atom. The lowest BCUT2D eigenvalue weighted by Crippen LogP contribution is -2.55. The van der Waals surface area contributed by atoms with E-state index in [1.807, 2.05) is 30.0 Å². The van der Waals surface area contributed by atoms with Crippen molar-refractivity contribution in [2.45, 2.75) is 19.4 Å². The minimum atomic E-state index is -0.150. The van der Waals surface area contributed by atoms with Crippen LogP contribution < -0.4 is 19.7 Å². The number of anilines is 2. The lowest BCUT2D eigenvalue weighted by atomic mass is 10.1. The quantitative estimate of drug-likeness (QED) is 0.610. The molecule has 0 bridgehead atoms. The average molecular weight is 454 g/mol. The highest BCUT2D eigenvalue weighted by Gasteiger charge is 2.29. The fraction of sp³-hybridized carbons (Fsp3) is 0.348. The Bertz CT molecular complexity index is 1060. The highest BCUT2D eigenvalue weighted by atomic mass is 32.1. The Morgan fingerprint density at radius 3 is 2.69 bits per heavy atom. The molecule has 1 unspecified atom stereocenters. The predicted octanol–water partition coefficient (Wildman–Crippen LogP) is 3.89. The molecule has 1 saturated heterocycles. The van der Waals surface area contributed by atoms with E-state index in [0.29, 0.717) is 36.8 Å². The van der Waals surface area contributed by atoms with Gasteiger partial charge in [0, 0.05) is 49.7 Å². The molecule has 9 heteroatoms. The molecule has 0 spiro atoms. The molecule has 1 aromatic heterocycles. The van der Waals surface area contributed by atoms with Gasteiger partial charge < -0.3 is 24.6 Å². The Kier molecular flexibility index (Phi) is 6.75. The zero-order valence-corrected chi connectivity index (χ0v) is 19.3. The zero-order valence-electron chi connectivity index (χ0n) is 18.4. The molecule has 168 valence electrons. The highest BCUT2D eigenvalue weighted by molar-refractivity contribution is 7.09. The Labute approximate surface area is 192 Å². The number of hydrogen-bond acceptors (Lipinski definition) is 7. The maximum Gasteiger partial charge on any atom is 0.322 e. The number of ether oxygens (including phenoxy) is 2. The average Bonchev–Trinajstić information content (AvgIpc) is 3.28. The standard InChI is InChI=1S/C23H27N5O3S/c1-16-15-27(23-25-21(26-32-23)13-17-7-5-4-6-8-17)11-12-28(16)22(29)24-19-10-9-18(30-2)14-20(19)31-3/h4-10,14,16H,11-13,15H2,1-3H3,(H,24,29). The van der Waals surface area contributed by atoms with E-state index in [4.69, 9.17) is 14.5 Å². The van der Waals surface area contributed by atoms with Gasteiger partial charge in [0.15, 0.2) is 0 Å². The van der Waals surface area contributed by atoms with Crippen LogP contribution in [0.25, 0.3) is 0 Å². The molecular formula is C23H27N5O3S. The van der Waals surface area contributed by atoms with E-state index in [1.54, 1.807) is 32.4 Å². The van der Waals surface area contributed by atoms with Crippen LogP contribution in [0.1, 0.15) is 18.3 Å². The first kappa shape index (κ1) is 21.9. The van der Waals surface area contributed by atoms with Gasteiger partial charge in [-0.3, -0.25) is 0 Å². The minimum absolute atomic E-state index is 0.0227. The first-order chi connectivity index (χ1) is 15.6. The number of carbonyl (C=O) groups excluding carboxylic acids is 1. The first-order valence-corrected chi connectivity index (χ1v) is 11.3. The minimum Gasteiger partial charge on any atom is -0.497 e. The van der Waals surface area contributed by atoms with Gasteiger partial charge in [-0.15, -0.1) is 0 Å². The van der Waals surface area contributed by atoms with Crippen molar-refractivity contribution in [1.82, 2.24) is 14.3 Å². The third-order valence-corrected chi connectivity index (χ3v) is 6.29. The summed E-state index contributed by atoms with van der Waals surface area (Å²) in [5.74, 6) is 2.06. The number of methoxy groups -OCH3 is 2. The highest BCUT2D eigenvalue weighted by Crippen LogP contribution is 2.30. The number of carbonyl (C=O) groups is 1. The van der Waals surface area contributed by atoms with Crippen molar-refractivity contribution in [3.8, 4) is 11.5 Å². The van der Waals surface area contributed by atoms with E-state index in [9.17, 15) is 4.79 Å². The van der Waals surface area contributed by atoms with Gasteiger partial charge >= 0.3 is 6.03 Å². The maximum absolute atomic E-state index is 12.9. The number of amides is 2. The van der Waals surface area contributed by atoms with Crippen molar-refractivity contribution < 1.29 is 14.3 Å². The van der Waals surface area contributed by atoms with Gasteiger partial charge in [-0.25, -0.2) is 9.78 Å². The van der Waals surface area contributed by atoms with Crippen LogP contribution in [-0.2, 0) is 6.42 Å². The Hall–Kier alpha value is -3.33. The lowest BCUT2D eigenvalue weighted by molar-refractivity contribution is 0.184. The van der Waals surface area contributed by atoms with Gasteiger partial charge in [0.05, 0.1) is 19.9 Å². The molecule has 0 radical (unpaired) electrons. The number of aromatic nitrogens is 2. The number of nitrogens with zero attached hydrogens (tertiary/aromatic N) is 4. The summed E-state index contributed by atoms with van der Waals surface area (Å²) in [6, 6.07) is 15.4. The van der Waals surface area contributed by atoms with E-state index in [-0.39, 0.29) is 12.1 Å². The zero-order chi connectivity index (χ0) is 22.5. The lowest BCUT2D eigenvalue weighted by Gasteiger charge is -2.39. The largest absolute Gasteiger partial charge is 0.497 e. The molecule has 2 amide bonds. The van der Waals surface area contributed by atoms with Gasteiger partial charge in [0.2, 0.25) is 5.13 Å². The summed E-state index contributed by atoms with van der Waals surface area (Å²) in [6.07, 6.45) is 0.721. The molecule has 1 fully saturated rings. The fourth-order valence-electron chi connectivity index (χ4n) is 3.75. The van der Waals surface area contributed by atoms with Crippen molar-refractivity contribution in [3.63, 3.8) is 0 Å². The molecule has 1 aliphatic heterocycles. The summed E-state index contributed by atoms with van der Waals surface area (Å²) in [5.41, 5.74) is 1.81. The molecule has 8 nitrogen and oxygen atoms in total. The smallest absolute Gasteiger partial charge is 0.322 e. The molecule has 0 aliphatic carbocycles. The predicted molar refractivity (Wildman–Crippen MR) is 126 cm³/mol. The number of benzene rings is 2. The number of urea groups is 1. The molecule has 0 saturated carbocycles. The van der Waals surface area contributed by atoms with Crippen molar-refractivity contribution in [3.05, 3.63) is 59.9 Å². The Morgan fingerprint density at radius 2 is 1.97 bits per heavy atom. The third kappa shape index (κ3) is 4.94. The van der Waals surface area contributed by atoms with Gasteiger partial charge in [0.25, 0.3) is 0 Å². The molecular weight excluding hydrogens is 426 g/mol. The van der Waals surface area contributed by atoms with Crippen molar-refractivity contribution >= 4 is 28.4 Å². The molecule has 2 aromatic carbocycles. The number of rotatable bonds is 6. The summed E-state index contributed by atoms with van der Waals surface area (Å²) in [6.45, 7) is 4.05. The Balaban J connectivity index is 1.37. The maximum atomic E-state index is 12.9. The summed E-state index contributed by atoms with van der Waals surface area (Å²) in [7, 11) is 3.16. The molecule has 4 rings (SSSR count). The van der Waals surface area contributed by atoms with E-state index in [2.05, 4.69) is 26.7 Å². The normalized spacial score (nSPS) is 16.0. The molecule has 1 N–H and O–H groups in total. The summed E-state index contributed by atoms with van der Waals surface area (Å²) in [4.78, 5) is 21.7. The van der Waals surface area contributed by atoms with E-state index in [1.165, 1.54) is 17.1 Å². The van der Waals surface area contributed by atoms with Crippen molar-refractivity contribution in [2.75, 3.05) is 44.1 Å². The second-order valence-electron chi connectivity index (χ2n) is 7.64. The van der Waals surface area contributed by atoms with Gasteiger partial charge in [-0.1, -0.05) is 30.3 Å². The van der Waals surface area contributed by atoms with Gasteiger partial charge in [0.1, 0.15) is 17.3 Å². The summed E-state index contributed by atoms with van der Waals surface area (Å²) in [5, 5.41) is 3.86. The molecule has 32 heavy (non-hydrogen) atoms. The second-order valence-corrected chi connectivity index (χ2v) is 8.37. The second kappa shape index (κ2) is 9.86. The third-order valence-electron chi connectivity index (χ3n) is 5.47. The SMILES string of the molecule is COc1ccc(NC(=O)N2CCN(c3nc(Cc4ccccc4)ns3)CC2C)c(OC)c1. The summed E-state index contributed by atoms with van der Waals surface area (Å²) < 4.78 is 15.1. The van der Waals surface area contributed by atoms with E-state index < -0.39 is 0 Å². The van der Waals surface area contributed by atoms with E-state index >= 15 is 0 Å². The van der Waals surface area contributed by atoms with Crippen LogP contribution >= 0.6 is 11.5 Å². The number of hydrogen-bond donors (Lipinski definition) is 1. The first-order valence-electron chi connectivity index (χ1n) is 10.5. The van der Waals surface area contributed by atoms with Crippen molar-refractivity contribution in [1.29, 1.82) is 0 Å². The van der Waals surface area contributed by atoms with Crippen LogP contribution in [0.2, 0.25) is 0 Å². The van der Waals surface area contributed by atoms with Crippen LogP contribution in [0.3, 0.4) is 0 Å². The topological polar surface area (TPSA) is 79.8 Å². The van der Waals surface area contributed by atoms with Crippen LogP contribution in [0.4, 0.5) is 15.6 Å². The van der Waals surface area contributed by atoms with Crippen LogP contribution in [-0.4, -0.2) is 60.2 Å². The molecule has 2 heterocycles. The van der Waals surface area contributed by atoms with Gasteiger partial charge in [-0.05, 0) is 24.6 Å². The monoisotopic (exact) mass is 453 g/mol. The van der Waals surface area contributed by atoms with Crippen LogP contribution in [0.15, 0.2) is 48.5 Å². The van der Waals surface area contributed by atoms with E-state index in [0.717, 1.165) is 17.4 Å². The van der Waals surface area contributed by atoms with Crippen molar-refractivity contribution in [2.24, 2.45) is 0 Å². The molecule has 1 aliphatic rings. The fourth-order valence-corrected chi connectivity index (χ4v) is 4.47. The number of nitrogens with one attached hydrogen (secondary N) is 1. The molecule has 3 aromatic rings. The van der Waals surface area contributed by atoms with Crippen LogP contribution in [0, 0.1) is 0 Å².